The lowest BCUT2D eigenvalue weighted by Gasteiger charge is -2.29. The average molecular weight is 433 g/mol. The van der Waals surface area contributed by atoms with E-state index >= 15 is 0 Å². The van der Waals surface area contributed by atoms with Crippen LogP contribution in [0.15, 0.2) is 6.07 Å². The highest BCUT2D eigenvalue weighted by Gasteiger charge is 2.41. The van der Waals surface area contributed by atoms with E-state index in [4.69, 9.17) is 9.47 Å². The zero-order chi connectivity index (χ0) is 21.7. The van der Waals surface area contributed by atoms with Gasteiger partial charge in [-0.3, -0.25) is 4.79 Å². The first-order chi connectivity index (χ1) is 14.3. The largest absolute Gasteiger partial charge is 0.481 e. The number of ether oxygens (including phenoxy) is 2. The van der Waals surface area contributed by atoms with E-state index in [9.17, 15) is 22.4 Å². The molecule has 2 heterocycles. The lowest BCUT2D eigenvalue weighted by Crippen LogP contribution is -2.40. The Morgan fingerprint density at radius 2 is 1.97 bits per heavy atom. The molecule has 2 aliphatic rings. The van der Waals surface area contributed by atoms with Crippen molar-refractivity contribution in [3.8, 4) is 11.8 Å². The molecule has 2 fully saturated rings. The van der Waals surface area contributed by atoms with Crippen LogP contribution in [-0.4, -0.2) is 43.4 Å². The highest BCUT2D eigenvalue weighted by molar-refractivity contribution is 5.82. The van der Waals surface area contributed by atoms with Crippen molar-refractivity contribution in [1.82, 2.24) is 15.6 Å². The summed E-state index contributed by atoms with van der Waals surface area (Å²) >= 11 is 0. The first-order valence-corrected chi connectivity index (χ1v) is 10.2. The molecular formula is C20H27F4N3O3. The van der Waals surface area contributed by atoms with Crippen LogP contribution in [0.3, 0.4) is 0 Å². The van der Waals surface area contributed by atoms with E-state index in [0.717, 1.165) is 19.4 Å². The lowest BCUT2D eigenvalue weighted by molar-refractivity contribution is -0.184. The van der Waals surface area contributed by atoms with Crippen LogP contribution in [0.1, 0.15) is 44.1 Å². The van der Waals surface area contributed by atoms with Gasteiger partial charge in [0.05, 0.1) is 25.7 Å². The predicted molar refractivity (Wildman–Crippen MR) is 101 cm³/mol. The molecule has 3 rings (SSSR count). The van der Waals surface area contributed by atoms with Gasteiger partial charge in [0.2, 0.25) is 11.8 Å². The quantitative estimate of drug-likeness (QED) is 0.646. The van der Waals surface area contributed by atoms with E-state index in [1.165, 1.54) is 13.2 Å². The van der Waals surface area contributed by atoms with E-state index in [-0.39, 0.29) is 55.6 Å². The fraction of sp³-hybridized carbons (Fsp3) is 0.700. The van der Waals surface area contributed by atoms with E-state index in [0.29, 0.717) is 18.4 Å². The molecule has 0 aromatic carbocycles. The smallest absolute Gasteiger partial charge is 0.391 e. The van der Waals surface area contributed by atoms with Crippen molar-refractivity contribution in [1.29, 1.82) is 0 Å². The van der Waals surface area contributed by atoms with Crippen molar-refractivity contribution in [2.75, 3.05) is 20.3 Å². The van der Waals surface area contributed by atoms with E-state index < -0.39 is 17.9 Å². The van der Waals surface area contributed by atoms with Crippen molar-refractivity contribution in [2.45, 2.75) is 57.3 Å². The Labute approximate surface area is 172 Å². The number of amides is 1. The number of hydrogen-bond donors (Lipinski definition) is 2. The number of aromatic nitrogens is 1. The Hall–Kier alpha value is -2.10. The second-order valence-corrected chi connectivity index (χ2v) is 7.88. The summed E-state index contributed by atoms with van der Waals surface area (Å²) in [6.07, 6.45) is -1.60. The Morgan fingerprint density at radius 1 is 1.23 bits per heavy atom. The summed E-state index contributed by atoms with van der Waals surface area (Å²) in [5, 5.41) is 5.83. The maximum atomic E-state index is 14.4. The standard InChI is InChI=1S/C20H27F4N3O3/c1-29-18-13(10-26-17(28)16-3-2-8-25-16)9-15(21)19(27-18)30-11-12-4-6-14(7-5-12)20(22,23)24/h9,12,14,16,25H,2-8,10-11H2,1H3,(H,26,28)/t12?,14?,16-/m0/s1. The third kappa shape index (κ3) is 5.74. The lowest BCUT2D eigenvalue weighted by atomic mass is 9.82. The van der Waals surface area contributed by atoms with Crippen LogP contribution in [-0.2, 0) is 11.3 Å². The molecule has 1 aliphatic carbocycles. The Kier molecular flexibility index (Phi) is 7.38. The number of pyridine rings is 1. The molecule has 1 aromatic heterocycles. The molecule has 0 radical (unpaired) electrons. The van der Waals surface area contributed by atoms with Gasteiger partial charge in [-0.15, -0.1) is 0 Å². The van der Waals surface area contributed by atoms with E-state index in [2.05, 4.69) is 15.6 Å². The number of nitrogens with one attached hydrogen (secondary N) is 2. The average Bonchev–Trinajstić information content (AvgIpc) is 3.26. The van der Waals surface area contributed by atoms with Gasteiger partial charge >= 0.3 is 6.18 Å². The molecule has 0 spiro atoms. The fourth-order valence-electron chi connectivity index (χ4n) is 3.97. The van der Waals surface area contributed by atoms with Gasteiger partial charge in [-0.25, -0.2) is 4.39 Å². The molecule has 0 unspecified atom stereocenters. The SMILES string of the molecule is COc1nc(OCC2CCC(C(F)(F)F)CC2)c(F)cc1CNC(=O)[C@@H]1CCCN1. The Morgan fingerprint density at radius 3 is 2.57 bits per heavy atom. The van der Waals surface area contributed by atoms with Gasteiger partial charge in [0.25, 0.3) is 5.88 Å². The number of halogens is 4. The minimum absolute atomic E-state index is 0.0608. The van der Waals surface area contributed by atoms with Crippen LogP contribution in [0.2, 0.25) is 0 Å². The number of methoxy groups -OCH3 is 1. The molecule has 1 atom stereocenters. The van der Waals surface area contributed by atoms with Crippen molar-refractivity contribution in [3.05, 3.63) is 17.4 Å². The fourth-order valence-corrected chi connectivity index (χ4v) is 3.97. The zero-order valence-electron chi connectivity index (χ0n) is 16.9. The van der Waals surface area contributed by atoms with Crippen LogP contribution in [0.5, 0.6) is 11.8 Å². The molecular weight excluding hydrogens is 406 g/mol. The van der Waals surface area contributed by atoms with Gasteiger partial charge in [0.15, 0.2) is 5.82 Å². The topological polar surface area (TPSA) is 72.5 Å². The van der Waals surface area contributed by atoms with Gasteiger partial charge in [0.1, 0.15) is 0 Å². The number of hydrogen-bond acceptors (Lipinski definition) is 5. The third-order valence-corrected chi connectivity index (χ3v) is 5.77. The summed E-state index contributed by atoms with van der Waals surface area (Å²) in [7, 11) is 1.38. The molecule has 1 saturated carbocycles. The van der Waals surface area contributed by atoms with Gasteiger partial charge in [-0.1, -0.05) is 0 Å². The van der Waals surface area contributed by atoms with Crippen LogP contribution in [0.4, 0.5) is 17.6 Å². The van der Waals surface area contributed by atoms with Crippen LogP contribution in [0, 0.1) is 17.7 Å². The Bertz CT molecular complexity index is 731. The number of rotatable bonds is 7. The maximum absolute atomic E-state index is 14.4. The molecule has 2 N–H and O–H groups in total. The molecule has 168 valence electrons. The third-order valence-electron chi connectivity index (χ3n) is 5.77. The van der Waals surface area contributed by atoms with Gasteiger partial charge in [0, 0.05) is 12.1 Å². The summed E-state index contributed by atoms with van der Waals surface area (Å²) < 4.78 is 63.4. The summed E-state index contributed by atoms with van der Waals surface area (Å²) in [5.74, 6) is -2.33. The molecule has 6 nitrogen and oxygen atoms in total. The van der Waals surface area contributed by atoms with Crippen molar-refractivity contribution >= 4 is 5.91 Å². The minimum atomic E-state index is -4.16. The first-order valence-electron chi connectivity index (χ1n) is 10.2. The highest BCUT2D eigenvalue weighted by Crippen LogP contribution is 2.39. The molecule has 1 aromatic rings. The number of carbonyl (C=O) groups excluding carboxylic acids is 1. The second kappa shape index (κ2) is 9.80. The molecule has 10 heteroatoms. The second-order valence-electron chi connectivity index (χ2n) is 7.88. The normalized spacial score (nSPS) is 24.5. The van der Waals surface area contributed by atoms with Crippen LogP contribution >= 0.6 is 0 Å². The number of nitrogens with zero attached hydrogens (tertiary/aromatic N) is 1. The predicted octanol–water partition coefficient (Wildman–Crippen LogP) is 3.35. The summed E-state index contributed by atoms with van der Waals surface area (Å²) in [6.45, 7) is 0.953. The molecule has 1 amide bonds. The summed E-state index contributed by atoms with van der Waals surface area (Å²) in [5.41, 5.74) is 0.374. The highest BCUT2D eigenvalue weighted by atomic mass is 19.4. The van der Waals surface area contributed by atoms with Gasteiger partial charge in [-0.2, -0.15) is 18.2 Å². The van der Waals surface area contributed by atoms with Crippen molar-refractivity contribution in [2.24, 2.45) is 11.8 Å². The molecule has 30 heavy (non-hydrogen) atoms. The van der Waals surface area contributed by atoms with Crippen molar-refractivity contribution < 1.29 is 31.8 Å². The Balaban J connectivity index is 1.54. The van der Waals surface area contributed by atoms with Crippen LogP contribution in [0.25, 0.3) is 0 Å². The minimum Gasteiger partial charge on any atom is -0.481 e. The van der Waals surface area contributed by atoms with E-state index in [1.54, 1.807) is 0 Å². The molecule has 1 saturated heterocycles. The summed E-state index contributed by atoms with van der Waals surface area (Å²) in [6, 6.07) is 0.952. The number of carbonyl (C=O) groups is 1. The van der Waals surface area contributed by atoms with Gasteiger partial charge < -0.3 is 20.1 Å². The molecule has 1 aliphatic heterocycles. The maximum Gasteiger partial charge on any atom is 0.391 e. The first kappa shape index (κ1) is 22.6. The zero-order valence-corrected chi connectivity index (χ0v) is 16.9. The van der Waals surface area contributed by atoms with Crippen LogP contribution < -0.4 is 20.1 Å². The van der Waals surface area contributed by atoms with Gasteiger partial charge in [-0.05, 0) is 57.1 Å². The molecule has 0 bridgehead atoms. The van der Waals surface area contributed by atoms with Crippen molar-refractivity contribution in [3.63, 3.8) is 0 Å². The monoisotopic (exact) mass is 433 g/mol. The number of alkyl halides is 3. The van der Waals surface area contributed by atoms with E-state index in [1.807, 2.05) is 0 Å². The summed E-state index contributed by atoms with van der Waals surface area (Å²) in [4.78, 5) is 16.1.